The van der Waals surface area contributed by atoms with Crippen molar-refractivity contribution >= 4 is 0 Å². The van der Waals surface area contributed by atoms with Gasteiger partial charge in [0.25, 0.3) is 0 Å². The number of aliphatic hydroxyl groups is 1. The predicted molar refractivity (Wildman–Crippen MR) is 57.9 cm³/mol. The van der Waals surface area contributed by atoms with Crippen LogP contribution in [0.2, 0.25) is 0 Å². The number of rotatable bonds is 7. The van der Waals surface area contributed by atoms with E-state index in [4.69, 9.17) is 5.11 Å². The molecule has 1 unspecified atom stereocenters. The first-order valence-corrected chi connectivity index (χ1v) is 5.46. The Labute approximate surface area is 82.9 Å². The Bertz CT molecular complexity index is 115. The van der Waals surface area contributed by atoms with Crippen LogP contribution in [0, 0.1) is 5.92 Å². The van der Waals surface area contributed by atoms with Crippen LogP contribution in [-0.2, 0) is 0 Å². The summed E-state index contributed by atoms with van der Waals surface area (Å²) in [6, 6.07) is 0.548. The molecule has 0 aromatic rings. The minimum absolute atomic E-state index is 0.275. The van der Waals surface area contributed by atoms with E-state index in [1.807, 2.05) is 0 Å². The molecule has 1 atom stereocenters. The molecular weight excluding hydrogens is 162 g/mol. The zero-order valence-electron chi connectivity index (χ0n) is 9.58. The zero-order valence-corrected chi connectivity index (χ0v) is 9.58. The van der Waals surface area contributed by atoms with Gasteiger partial charge in [0, 0.05) is 19.1 Å². The van der Waals surface area contributed by atoms with Crippen LogP contribution in [0.25, 0.3) is 0 Å². The van der Waals surface area contributed by atoms with Gasteiger partial charge in [0.05, 0.1) is 6.61 Å². The van der Waals surface area contributed by atoms with Gasteiger partial charge in [-0.2, -0.15) is 0 Å². The number of hydrogen-bond donors (Lipinski definition) is 1. The Kier molecular flexibility index (Phi) is 7.29. The summed E-state index contributed by atoms with van der Waals surface area (Å²) < 4.78 is 0. The molecule has 2 nitrogen and oxygen atoms in total. The van der Waals surface area contributed by atoms with Crippen molar-refractivity contribution in [3.05, 3.63) is 0 Å². The first kappa shape index (κ1) is 12.9. The van der Waals surface area contributed by atoms with Crippen molar-refractivity contribution in [3.63, 3.8) is 0 Å². The summed E-state index contributed by atoms with van der Waals surface area (Å²) in [6.45, 7) is 11.1. The van der Waals surface area contributed by atoms with E-state index in [-0.39, 0.29) is 6.61 Å². The fraction of sp³-hybridized carbons (Fsp3) is 1.00. The van der Waals surface area contributed by atoms with Crippen LogP contribution in [0.4, 0.5) is 0 Å². The second kappa shape index (κ2) is 7.34. The SMILES string of the molecule is CCCC(C)CN(CCO)C(C)C. The standard InChI is InChI=1S/C11H25NO/c1-5-6-11(4)9-12(7-8-13)10(2)3/h10-11,13H,5-9H2,1-4H3. The van der Waals surface area contributed by atoms with Gasteiger partial charge in [-0.1, -0.05) is 20.3 Å². The van der Waals surface area contributed by atoms with Crippen LogP contribution in [0.15, 0.2) is 0 Å². The van der Waals surface area contributed by atoms with E-state index in [1.54, 1.807) is 0 Å². The molecule has 0 amide bonds. The van der Waals surface area contributed by atoms with Gasteiger partial charge in [-0.05, 0) is 26.2 Å². The second-order valence-electron chi connectivity index (χ2n) is 4.21. The summed E-state index contributed by atoms with van der Waals surface area (Å²) >= 11 is 0. The van der Waals surface area contributed by atoms with Crippen LogP contribution < -0.4 is 0 Å². The van der Waals surface area contributed by atoms with Crippen LogP contribution in [-0.4, -0.2) is 35.7 Å². The Hall–Kier alpha value is -0.0800. The molecule has 0 aliphatic rings. The predicted octanol–water partition coefficient (Wildman–Crippen LogP) is 2.13. The molecule has 0 bridgehead atoms. The molecule has 0 aromatic heterocycles. The first-order chi connectivity index (χ1) is 6.11. The molecule has 0 saturated heterocycles. The lowest BCUT2D eigenvalue weighted by atomic mass is 10.1. The summed E-state index contributed by atoms with van der Waals surface area (Å²) in [6.07, 6.45) is 2.54. The van der Waals surface area contributed by atoms with Crippen molar-refractivity contribution in [3.8, 4) is 0 Å². The third-order valence-electron chi connectivity index (χ3n) is 2.45. The van der Waals surface area contributed by atoms with Crippen LogP contribution in [0.1, 0.15) is 40.5 Å². The summed E-state index contributed by atoms with van der Waals surface area (Å²) in [7, 11) is 0. The lowest BCUT2D eigenvalue weighted by molar-refractivity contribution is 0.146. The summed E-state index contributed by atoms with van der Waals surface area (Å²) in [5.41, 5.74) is 0. The highest BCUT2D eigenvalue weighted by Crippen LogP contribution is 2.09. The third kappa shape index (κ3) is 6.05. The molecule has 2 heteroatoms. The molecule has 0 aliphatic heterocycles. The summed E-state index contributed by atoms with van der Waals surface area (Å²) in [5.74, 6) is 0.749. The molecule has 0 radical (unpaired) electrons. The molecule has 0 heterocycles. The smallest absolute Gasteiger partial charge is 0.0558 e. The zero-order chi connectivity index (χ0) is 10.3. The third-order valence-corrected chi connectivity index (χ3v) is 2.45. The fourth-order valence-corrected chi connectivity index (χ4v) is 1.67. The number of nitrogens with zero attached hydrogens (tertiary/aromatic N) is 1. The molecule has 0 spiro atoms. The summed E-state index contributed by atoms with van der Waals surface area (Å²) in [4.78, 5) is 2.35. The van der Waals surface area contributed by atoms with Gasteiger partial charge in [0.2, 0.25) is 0 Å². The molecule has 0 saturated carbocycles. The van der Waals surface area contributed by atoms with E-state index in [0.29, 0.717) is 6.04 Å². The van der Waals surface area contributed by atoms with Crippen molar-refractivity contribution in [2.24, 2.45) is 5.92 Å². The average molecular weight is 187 g/mol. The number of aliphatic hydroxyl groups excluding tert-OH is 1. The molecule has 0 rings (SSSR count). The van der Waals surface area contributed by atoms with E-state index in [0.717, 1.165) is 19.0 Å². The molecule has 0 aliphatic carbocycles. The topological polar surface area (TPSA) is 23.5 Å². The maximum Gasteiger partial charge on any atom is 0.0558 e. The molecule has 13 heavy (non-hydrogen) atoms. The van der Waals surface area contributed by atoms with Gasteiger partial charge in [-0.25, -0.2) is 0 Å². The second-order valence-corrected chi connectivity index (χ2v) is 4.21. The minimum atomic E-state index is 0.275. The Morgan fingerprint density at radius 1 is 1.23 bits per heavy atom. The number of hydrogen-bond acceptors (Lipinski definition) is 2. The monoisotopic (exact) mass is 187 g/mol. The van der Waals surface area contributed by atoms with Gasteiger partial charge in [-0.3, -0.25) is 4.90 Å². The van der Waals surface area contributed by atoms with Crippen molar-refractivity contribution in [1.82, 2.24) is 4.90 Å². The van der Waals surface area contributed by atoms with Gasteiger partial charge >= 0.3 is 0 Å². The first-order valence-electron chi connectivity index (χ1n) is 5.46. The lowest BCUT2D eigenvalue weighted by Crippen LogP contribution is -2.36. The van der Waals surface area contributed by atoms with Crippen molar-refractivity contribution < 1.29 is 5.11 Å². The Balaban J connectivity index is 3.79. The van der Waals surface area contributed by atoms with Crippen LogP contribution >= 0.6 is 0 Å². The fourth-order valence-electron chi connectivity index (χ4n) is 1.67. The highest BCUT2D eigenvalue weighted by molar-refractivity contribution is 4.65. The molecular formula is C11H25NO. The van der Waals surface area contributed by atoms with E-state index in [1.165, 1.54) is 12.8 Å². The quantitative estimate of drug-likeness (QED) is 0.660. The van der Waals surface area contributed by atoms with Crippen molar-refractivity contribution in [2.45, 2.75) is 46.6 Å². The maximum absolute atomic E-state index is 8.89. The Morgan fingerprint density at radius 2 is 1.85 bits per heavy atom. The highest BCUT2D eigenvalue weighted by Gasteiger charge is 2.11. The largest absolute Gasteiger partial charge is 0.395 e. The Morgan fingerprint density at radius 3 is 2.23 bits per heavy atom. The van der Waals surface area contributed by atoms with E-state index >= 15 is 0 Å². The van der Waals surface area contributed by atoms with Gasteiger partial charge in [-0.15, -0.1) is 0 Å². The van der Waals surface area contributed by atoms with Gasteiger partial charge in [0.1, 0.15) is 0 Å². The minimum Gasteiger partial charge on any atom is -0.395 e. The van der Waals surface area contributed by atoms with Crippen LogP contribution in [0.5, 0.6) is 0 Å². The van der Waals surface area contributed by atoms with E-state index in [2.05, 4.69) is 32.6 Å². The van der Waals surface area contributed by atoms with Gasteiger partial charge in [0.15, 0.2) is 0 Å². The van der Waals surface area contributed by atoms with E-state index in [9.17, 15) is 0 Å². The molecule has 0 fully saturated rings. The van der Waals surface area contributed by atoms with E-state index < -0.39 is 0 Å². The molecule has 0 aromatic carbocycles. The normalized spacial score (nSPS) is 14.1. The average Bonchev–Trinajstić information content (AvgIpc) is 2.04. The lowest BCUT2D eigenvalue weighted by Gasteiger charge is -2.28. The highest BCUT2D eigenvalue weighted by atomic mass is 16.3. The maximum atomic E-state index is 8.89. The molecule has 1 N–H and O–H groups in total. The summed E-state index contributed by atoms with van der Waals surface area (Å²) in [5, 5.41) is 8.89. The van der Waals surface area contributed by atoms with Crippen molar-refractivity contribution in [1.29, 1.82) is 0 Å². The van der Waals surface area contributed by atoms with Crippen LogP contribution in [0.3, 0.4) is 0 Å². The van der Waals surface area contributed by atoms with Crippen molar-refractivity contribution in [2.75, 3.05) is 19.7 Å². The van der Waals surface area contributed by atoms with Gasteiger partial charge < -0.3 is 5.11 Å². The molecule has 80 valence electrons.